The molecule has 1 unspecified atom stereocenters. The number of rotatable bonds is 4. The molecule has 1 aromatic carbocycles. The lowest BCUT2D eigenvalue weighted by Crippen LogP contribution is -2.06. The number of sulfone groups is 1. The van der Waals surface area contributed by atoms with Crippen molar-refractivity contribution in [2.75, 3.05) is 5.94 Å². The maximum absolute atomic E-state index is 11.4. The fourth-order valence-electron chi connectivity index (χ4n) is 0.810. The van der Waals surface area contributed by atoms with Crippen LogP contribution in [0.25, 0.3) is 0 Å². The monoisotopic (exact) mass is 235 g/mol. The molecule has 0 aromatic heterocycles. The van der Waals surface area contributed by atoms with Gasteiger partial charge in [-0.3, -0.25) is 0 Å². The minimum absolute atomic E-state index is 0.0665. The average molecular weight is 235 g/mol. The van der Waals surface area contributed by atoms with E-state index in [4.69, 9.17) is 4.89 Å². The van der Waals surface area contributed by atoms with Crippen LogP contribution in [-0.4, -0.2) is 19.3 Å². The molecular weight excluding hydrogens is 227 g/mol. The third-order valence-electron chi connectivity index (χ3n) is 1.42. The molecule has 1 atom stereocenters. The van der Waals surface area contributed by atoms with Crippen LogP contribution < -0.4 is 0 Å². The van der Waals surface area contributed by atoms with Gasteiger partial charge in [0.25, 0.3) is 0 Å². The SMILES string of the molecule is O=[P+](O)OCS(=O)(=O)c1ccccc1. The first-order valence-corrected chi connectivity index (χ1v) is 6.37. The highest BCUT2D eigenvalue weighted by Crippen LogP contribution is 2.18. The van der Waals surface area contributed by atoms with Crippen molar-refractivity contribution < 1.29 is 22.4 Å². The fraction of sp³-hybridized carbons (Fsp3) is 0.143. The van der Waals surface area contributed by atoms with Gasteiger partial charge in [-0.2, -0.15) is 0 Å². The predicted octanol–water partition coefficient (Wildman–Crippen LogP) is 1.08. The minimum atomic E-state index is -3.62. The highest BCUT2D eigenvalue weighted by Gasteiger charge is 2.22. The van der Waals surface area contributed by atoms with E-state index in [1.807, 2.05) is 0 Å². The highest BCUT2D eigenvalue weighted by atomic mass is 32.2. The maximum Gasteiger partial charge on any atom is 0.695 e. The lowest BCUT2D eigenvalue weighted by molar-refractivity contribution is 0.322. The van der Waals surface area contributed by atoms with Crippen molar-refractivity contribution in [3.05, 3.63) is 30.3 Å². The summed E-state index contributed by atoms with van der Waals surface area (Å²) < 4.78 is 37.0. The van der Waals surface area contributed by atoms with Crippen molar-refractivity contribution in [3.63, 3.8) is 0 Å². The second-order valence-electron chi connectivity index (χ2n) is 2.41. The minimum Gasteiger partial charge on any atom is -0.221 e. The normalized spacial score (nSPS) is 12.5. The largest absolute Gasteiger partial charge is 0.695 e. The Morgan fingerprint density at radius 2 is 1.86 bits per heavy atom. The highest BCUT2D eigenvalue weighted by molar-refractivity contribution is 7.91. The Morgan fingerprint density at radius 3 is 2.36 bits per heavy atom. The first-order chi connectivity index (χ1) is 6.52. The van der Waals surface area contributed by atoms with Crippen molar-refractivity contribution >= 4 is 18.1 Å². The van der Waals surface area contributed by atoms with E-state index in [1.54, 1.807) is 18.2 Å². The van der Waals surface area contributed by atoms with Crippen LogP contribution in [0.15, 0.2) is 35.2 Å². The van der Waals surface area contributed by atoms with Crippen LogP contribution in [-0.2, 0) is 18.9 Å². The Hall–Kier alpha value is -0.810. The molecule has 0 aliphatic carbocycles. The van der Waals surface area contributed by atoms with Gasteiger partial charge in [0.2, 0.25) is 15.8 Å². The number of hydrogen-bond donors (Lipinski definition) is 1. The van der Waals surface area contributed by atoms with E-state index in [1.165, 1.54) is 12.1 Å². The standard InChI is InChI=1S/C7H7O5PS/c8-13(9)12-6-14(10,11)7-4-2-1-3-5-7/h1-5H,6H2/p+1. The van der Waals surface area contributed by atoms with Crippen LogP contribution in [0.2, 0.25) is 0 Å². The summed E-state index contributed by atoms with van der Waals surface area (Å²) in [7, 11) is -6.51. The molecule has 0 heterocycles. The van der Waals surface area contributed by atoms with Crippen LogP contribution >= 0.6 is 8.25 Å². The zero-order valence-electron chi connectivity index (χ0n) is 7.03. The molecule has 0 bridgehead atoms. The topological polar surface area (TPSA) is 80.7 Å². The van der Waals surface area contributed by atoms with E-state index in [9.17, 15) is 13.0 Å². The van der Waals surface area contributed by atoms with Gasteiger partial charge in [0.1, 0.15) is 0 Å². The zero-order chi connectivity index (χ0) is 10.6. The van der Waals surface area contributed by atoms with Crippen molar-refractivity contribution in [2.24, 2.45) is 0 Å². The summed E-state index contributed by atoms with van der Waals surface area (Å²) in [5.74, 6) is -0.789. The molecule has 76 valence electrons. The average Bonchev–Trinajstić information content (AvgIpc) is 2.16. The smallest absolute Gasteiger partial charge is 0.221 e. The van der Waals surface area contributed by atoms with Crippen LogP contribution in [0.3, 0.4) is 0 Å². The maximum atomic E-state index is 11.4. The molecule has 1 N–H and O–H groups in total. The predicted molar refractivity (Wildman–Crippen MR) is 49.4 cm³/mol. The summed E-state index contributed by atoms with van der Waals surface area (Å²) in [6.07, 6.45) is 0. The molecule has 5 nitrogen and oxygen atoms in total. The van der Waals surface area contributed by atoms with E-state index in [0.717, 1.165) is 0 Å². The van der Waals surface area contributed by atoms with Gasteiger partial charge >= 0.3 is 8.25 Å². The molecular formula is C7H8O5PS+. The van der Waals surface area contributed by atoms with Gasteiger partial charge in [0.05, 0.1) is 4.90 Å². The molecule has 7 heteroatoms. The van der Waals surface area contributed by atoms with Crippen molar-refractivity contribution in [1.29, 1.82) is 0 Å². The van der Waals surface area contributed by atoms with E-state index in [-0.39, 0.29) is 4.90 Å². The molecule has 0 saturated carbocycles. The van der Waals surface area contributed by atoms with Gasteiger partial charge in [-0.1, -0.05) is 18.2 Å². The molecule has 0 spiro atoms. The quantitative estimate of drug-likeness (QED) is 0.790. The number of hydrogen-bond acceptors (Lipinski definition) is 4. The summed E-state index contributed by atoms with van der Waals surface area (Å²) >= 11 is 0. The summed E-state index contributed by atoms with van der Waals surface area (Å²) in [6.45, 7) is 0. The molecule has 0 aliphatic heterocycles. The Morgan fingerprint density at radius 1 is 1.29 bits per heavy atom. The van der Waals surface area contributed by atoms with Gasteiger partial charge in [0, 0.05) is 4.57 Å². The zero-order valence-corrected chi connectivity index (χ0v) is 8.74. The lowest BCUT2D eigenvalue weighted by Gasteiger charge is -1.98. The molecule has 1 aromatic rings. The fourth-order valence-corrected chi connectivity index (χ4v) is 2.43. The summed E-state index contributed by atoms with van der Waals surface area (Å²) in [5.41, 5.74) is 0. The molecule has 0 radical (unpaired) electrons. The Kier molecular flexibility index (Phi) is 3.71. The lowest BCUT2D eigenvalue weighted by atomic mass is 10.4. The van der Waals surface area contributed by atoms with Gasteiger partial charge < -0.3 is 0 Å². The van der Waals surface area contributed by atoms with E-state index in [0.29, 0.717) is 0 Å². The molecule has 0 amide bonds. The van der Waals surface area contributed by atoms with Gasteiger partial charge in [0.15, 0.2) is 0 Å². The first-order valence-electron chi connectivity index (χ1n) is 3.59. The first kappa shape index (κ1) is 11.3. The van der Waals surface area contributed by atoms with Crippen molar-refractivity contribution in [3.8, 4) is 0 Å². The van der Waals surface area contributed by atoms with Crippen molar-refractivity contribution in [1.82, 2.24) is 0 Å². The van der Waals surface area contributed by atoms with Crippen LogP contribution in [0.4, 0.5) is 0 Å². The van der Waals surface area contributed by atoms with Gasteiger partial charge in [-0.25, -0.2) is 8.42 Å². The molecule has 0 aliphatic rings. The summed E-state index contributed by atoms with van der Waals surface area (Å²) in [5, 5.41) is 0. The Labute approximate surface area is 82.2 Å². The Balaban J connectivity index is 2.82. The van der Waals surface area contributed by atoms with Gasteiger partial charge in [-0.15, -0.1) is 9.42 Å². The second kappa shape index (κ2) is 4.61. The summed E-state index contributed by atoms with van der Waals surface area (Å²) in [4.78, 5) is 8.35. The molecule has 0 fully saturated rings. The molecule has 0 saturated heterocycles. The van der Waals surface area contributed by atoms with E-state index < -0.39 is 24.0 Å². The molecule has 14 heavy (non-hydrogen) atoms. The summed E-state index contributed by atoms with van der Waals surface area (Å²) in [6, 6.07) is 7.58. The third-order valence-corrected chi connectivity index (χ3v) is 3.36. The van der Waals surface area contributed by atoms with E-state index >= 15 is 0 Å². The number of benzene rings is 1. The van der Waals surface area contributed by atoms with Crippen LogP contribution in [0, 0.1) is 0 Å². The van der Waals surface area contributed by atoms with Crippen molar-refractivity contribution in [2.45, 2.75) is 4.90 Å². The Bertz CT molecular complexity index is 413. The third kappa shape index (κ3) is 3.16. The molecule has 1 rings (SSSR count). The second-order valence-corrected chi connectivity index (χ2v) is 5.08. The van der Waals surface area contributed by atoms with Crippen LogP contribution in [0.5, 0.6) is 0 Å². The van der Waals surface area contributed by atoms with E-state index in [2.05, 4.69) is 4.52 Å². The van der Waals surface area contributed by atoms with Gasteiger partial charge in [-0.05, 0) is 12.1 Å². The van der Waals surface area contributed by atoms with Crippen LogP contribution in [0.1, 0.15) is 0 Å².